The molecule has 0 spiro atoms. The predicted molar refractivity (Wildman–Crippen MR) is 106 cm³/mol. The maximum absolute atomic E-state index is 12.7. The number of piperidine rings is 1. The van der Waals surface area contributed by atoms with E-state index in [0.29, 0.717) is 43.7 Å². The molecule has 1 amide bonds. The van der Waals surface area contributed by atoms with Crippen LogP contribution in [0.2, 0.25) is 0 Å². The average molecular weight is 404 g/mol. The minimum atomic E-state index is -0.342. The first-order chi connectivity index (χ1) is 13.5. The topological polar surface area (TPSA) is 85.5 Å². The molecule has 1 aromatic carbocycles. The number of carbonyl (C=O) groups excluding carboxylic acids is 2. The summed E-state index contributed by atoms with van der Waals surface area (Å²) in [5, 5.41) is 8.16. The molecule has 2 heterocycles. The molecule has 150 valence electrons. The number of esters is 1. The van der Waals surface area contributed by atoms with Gasteiger partial charge >= 0.3 is 5.97 Å². The Balaban J connectivity index is 1.54. The Morgan fingerprint density at radius 3 is 2.57 bits per heavy atom. The zero-order chi connectivity index (χ0) is 20.1. The Bertz CT molecular complexity index is 813. The van der Waals surface area contributed by atoms with Crippen LogP contribution < -0.4 is 0 Å². The monoisotopic (exact) mass is 403 g/mol. The average Bonchev–Trinajstić information content (AvgIpc) is 3.16. The van der Waals surface area contributed by atoms with Gasteiger partial charge in [0.2, 0.25) is 11.8 Å². The van der Waals surface area contributed by atoms with Crippen LogP contribution in [0.3, 0.4) is 0 Å². The summed E-state index contributed by atoms with van der Waals surface area (Å²) in [7, 11) is 0. The highest BCUT2D eigenvalue weighted by atomic mass is 32.2. The van der Waals surface area contributed by atoms with Gasteiger partial charge < -0.3 is 14.1 Å². The van der Waals surface area contributed by atoms with Crippen molar-refractivity contribution in [3.8, 4) is 11.5 Å². The lowest BCUT2D eigenvalue weighted by Crippen LogP contribution is -2.43. The Kier molecular flexibility index (Phi) is 6.72. The van der Waals surface area contributed by atoms with Crippen LogP contribution in [0.5, 0.6) is 0 Å². The molecule has 7 nitrogen and oxygen atoms in total. The maximum Gasteiger partial charge on any atom is 0.309 e. The van der Waals surface area contributed by atoms with Gasteiger partial charge in [-0.1, -0.05) is 29.5 Å². The highest BCUT2D eigenvalue weighted by Gasteiger charge is 2.31. The normalized spacial score (nSPS) is 16.0. The first kappa shape index (κ1) is 20.4. The molecule has 3 rings (SSSR count). The fourth-order valence-corrected chi connectivity index (χ4v) is 3.89. The standard InChI is InChI=1S/C20H25N3O4S/c1-4-26-19(25)16-9-11-23(12-10-16)18(24)14(3)28-20-22-21-17(27-20)15-7-5-13(2)6-8-15/h5-8,14,16H,4,9-12H2,1-3H3. The molecular weight excluding hydrogens is 378 g/mol. The summed E-state index contributed by atoms with van der Waals surface area (Å²) in [6.07, 6.45) is 1.28. The summed E-state index contributed by atoms with van der Waals surface area (Å²) in [5.41, 5.74) is 2.01. The zero-order valence-corrected chi connectivity index (χ0v) is 17.2. The fraction of sp³-hybridized carbons (Fsp3) is 0.500. The van der Waals surface area contributed by atoms with Crippen LogP contribution in [0.25, 0.3) is 11.5 Å². The molecule has 1 aromatic heterocycles. The minimum absolute atomic E-state index is 0.0161. The van der Waals surface area contributed by atoms with Crippen molar-refractivity contribution in [2.75, 3.05) is 19.7 Å². The third-order valence-electron chi connectivity index (χ3n) is 4.76. The highest BCUT2D eigenvalue weighted by molar-refractivity contribution is 8.00. The molecule has 8 heteroatoms. The number of benzene rings is 1. The quantitative estimate of drug-likeness (QED) is 0.540. The van der Waals surface area contributed by atoms with Gasteiger partial charge in [-0.05, 0) is 45.7 Å². The number of thioether (sulfide) groups is 1. The van der Waals surface area contributed by atoms with Gasteiger partial charge in [-0.15, -0.1) is 10.2 Å². The van der Waals surface area contributed by atoms with Crippen LogP contribution in [0.1, 0.15) is 32.3 Å². The minimum Gasteiger partial charge on any atom is -0.466 e. The molecule has 1 atom stereocenters. The molecule has 0 N–H and O–H groups in total. The number of aromatic nitrogens is 2. The molecule has 0 radical (unpaired) electrons. The van der Waals surface area contributed by atoms with E-state index in [0.717, 1.165) is 11.1 Å². The second kappa shape index (κ2) is 9.23. The molecular formula is C20H25N3O4S. The SMILES string of the molecule is CCOC(=O)C1CCN(C(=O)C(C)Sc2nnc(-c3ccc(C)cc3)o2)CC1. The first-order valence-electron chi connectivity index (χ1n) is 9.50. The third-order valence-corrected chi connectivity index (χ3v) is 5.68. The van der Waals surface area contributed by atoms with E-state index in [-0.39, 0.29) is 23.0 Å². The largest absolute Gasteiger partial charge is 0.466 e. The summed E-state index contributed by atoms with van der Waals surface area (Å²) in [4.78, 5) is 26.3. The lowest BCUT2D eigenvalue weighted by molar-refractivity contribution is -0.151. The van der Waals surface area contributed by atoms with Gasteiger partial charge in [0.25, 0.3) is 5.22 Å². The van der Waals surface area contributed by atoms with Crippen molar-refractivity contribution in [2.24, 2.45) is 5.92 Å². The Hall–Kier alpha value is -2.35. The summed E-state index contributed by atoms with van der Waals surface area (Å²) >= 11 is 1.26. The maximum atomic E-state index is 12.7. The number of nitrogens with zero attached hydrogens (tertiary/aromatic N) is 3. The van der Waals surface area contributed by atoms with Gasteiger partial charge in [0.1, 0.15) is 0 Å². The van der Waals surface area contributed by atoms with E-state index < -0.39 is 0 Å². The second-order valence-corrected chi connectivity index (χ2v) is 8.14. The molecule has 1 fully saturated rings. The number of carbonyl (C=O) groups is 2. The van der Waals surface area contributed by atoms with E-state index in [4.69, 9.17) is 9.15 Å². The number of likely N-dealkylation sites (tertiary alicyclic amines) is 1. The molecule has 1 aliphatic heterocycles. The smallest absolute Gasteiger partial charge is 0.309 e. The molecule has 0 bridgehead atoms. The van der Waals surface area contributed by atoms with Crippen LogP contribution in [0.15, 0.2) is 33.9 Å². The first-order valence-corrected chi connectivity index (χ1v) is 10.4. The van der Waals surface area contributed by atoms with Crippen molar-refractivity contribution in [1.82, 2.24) is 15.1 Å². The number of ether oxygens (including phenoxy) is 1. The van der Waals surface area contributed by atoms with E-state index in [1.165, 1.54) is 11.8 Å². The van der Waals surface area contributed by atoms with Crippen molar-refractivity contribution in [3.63, 3.8) is 0 Å². The van der Waals surface area contributed by atoms with Crippen LogP contribution in [-0.4, -0.2) is 51.9 Å². The van der Waals surface area contributed by atoms with Crippen molar-refractivity contribution in [3.05, 3.63) is 29.8 Å². The van der Waals surface area contributed by atoms with Crippen LogP contribution in [0.4, 0.5) is 0 Å². The lowest BCUT2D eigenvalue weighted by atomic mass is 9.97. The number of aryl methyl sites for hydroxylation is 1. The number of hydrogen-bond acceptors (Lipinski definition) is 7. The molecule has 1 saturated heterocycles. The van der Waals surface area contributed by atoms with Gasteiger partial charge in [0.05, 0.1) is 17.8 Å². The molecule has 0 saturated carbocycles. The fourth-order valence-electron chi connectivity index (χ4n) is 3.12. The lowest BCUT2D eigenvalue weighted by Gasteiger charge is -2.32. The predicted octanol–water partition coefficient (Wildman–Crippen LogP) is 3.33. The van der Waals surface area contributed by atoms with E-state index in [2.05, 4.69) is 10.2 Å². The van der Waals surface area contributed by atoms with Crippen LogP contribution in [-0.2, 0) is 14.3 Å². The zero-order valence-electron chi connectivity index (χ0n) is 16.4. The van der Waals surface area contributed by atoms with Gasteiger partial charge in [-0.3, -0.25) is 9.59 Å². The van der Waals surface area contributed by atoms with Gasteiger partial charge in [0.15, 0.2) is 0 Å². The number of hydrogen-bond donors (Lipinski definition) is 0. The van der Waals surface area contributed by atoms with E-state index in [1.54, 1.807) is 11.8 Å². The van der Waals surface area contributed by atoms with E-state index >= 15 is 0 Å². The van der Waals surface area contributed by atoms with Crippen molar-refractivity contribution >= 4 is 23.6 Å². The molecule has 1 aliphatic rings. The van der Waals surface area contributed by atoms with Crippen molar-refractivity contribution in [1.29, 1.82) is 0 Å². The van der Waals surface area contributed by atoms with Crippen LogP contribution in [0, 0.1) is 12.8 Å². The van der Waals surface area contributed by atoms with E-state index in [9.17, 15) is 9.59 Å². The van der Waals surface area contributed by atoms with Crippen molar-refractivity contribution in [2.45, 2.75) is 44.1 Å². The Morgan fingerprint density at radius 2 is 1.93 bits per heavy atom. The Labute approximate surface area is 168 Å². The number of amides is 1. The summed E-state index contributed by atoms with van der Waals surface area (Å²) in [6, 6.07) is 7.83. The van der Waals surface area contributed by atoms with E-state index in [1.807, 2.05) is 38.1 Å². The summed E-state index contributed by atoms with van der Waals surface area (Å²) in [6.45, 7) is 7.16. The molecule has 28 heavy (non-hydrogen) atoms. The Morgan fingerprint density at radius 1 is 1.25 bits per heavy atom. The summed E-state index contributed by atoms with van der Waals surface area (Å²) in [5.74, 6) is 0.186. The van der Waals surface area contributed by atoms with Gasteiger partial charge in [0, 0.05) is 18.7 Å². The summed E-state index contributed by atoms with van der Waals surface area (Å²) < 4.78 is 10.8. The molecule has 0 aliphatic carbocycles. The van der Waals surface area contributed by atoms with Gasteiger partial charge in [-0.2, -0.15) is 0 Å². The van der Waals surface area contributed by atoms with Gasteiger partial charge in [-0.25, -0.2) is 0 Å². The third kappa shape index (κ3) is 4.92. The van der Waals surface area contributed by atoms with Crippen LogP contribution >= 0.6 is 11.8 Å². The second-order valence-electron chi connectivity index (χ2n) is 6.85. The molecule has 1 unspecified atom stereocenters. The molecule has 2 aromatic rings. The highest BCUT2D eigenvalue weighted by Crippen LogP contribution is 2.28. The number of rotatable bonds is 6. The van der Waals surface area contributed by atoms with Crippen molar-refractivity contribution < 1.29 is 18.7 Å².